The Morgan fingerprint density at radius 1 is 0.400 bits per heavy atom. The van der Waals surface area contributed by atoms with Crippen LogP contribution in [-0.4, -0.2) is 21.8 Å². The zero-order chi connectivity index (χ0) is 31.2. The molecule has 0 unspecified atom stereocenters. The molecular weight excluding hydrogens is 558 g/mol. The zero-order valence-corrected chi connectivity index (χ0v) is 24.5. The highest BCUT2D eigenvalue weighted by atomic mass is 16.3. The van der Waals surface area contributed by atoms with Gasteiger partial charge in [-0.25, -0.2) is 0 Å². The minimum Gasteiger partial charge on any atom is -0.508 e. The Bertz CT molecular complexity index is 1760. The molecule has 0 saturated heterocycles. The highest BCUT2D eigenvalue weighted by Crippen LogP contribution is 2.25. The number of anilines is 2. The van der Waals surface area contributed by atoms with E-state index in [1.54, 1.807) is 24.3 Å². The third kappa shape index (κ3) is 7.35. The second kappa shape index (κ2) is 13.1. The molecule has 0 fully saturated rings. The Balaban J connectivity index is 1.01. The van der Waals surface area contributed by atoms with E-state index in [0.717, 1.165) is 44.8 Å². The van der Waals surface area contributed by atoms with Gasteiger partial charge in [0, 0.05) is 35.3 Å². The van der Waals surface area contributed by atoms with Crippen LogP contribution in [-0.2, 0) is 12.8 Å². The molecule has 6 rings (SSSR count). The minimum absolute atomic E-state index is 0.0476. The number of nitrogens with one attached hydrogen (secondary N) is 1. The normalized spacial score (nSPS) is 10.8. The first-order chi connectivity index (χ1) is 21.9. The van der Waals surface area contributed by atoms with Gasteiger partial charge in [0.15, 0.2) is 11.6 Å². The maximum atomic E-state index is 12.9. The number of hydrogen-bond donors (Lipinski definition) is 3. The van der Waals surface area contributed by atoms with Gasteiger partial charge in [-0.2, -0.15) is 0 Å². The van der Waals surface area contributed by atoms with Crippen LogP contribution in [0.2, 0.25) is 0 Å². The quantitative estimate of drug-likeness (QED) is 0.139. The van der Waals surface area contributed by atoms with Crippen LogP contribution >= 0.6 is 0 Å². The van der Waals surface area contributed by atoms with Gasteiger partial charge in [-0.15, -0.1) is 0 Å². The fourth-order valence-electron chi connectivity index (χ4n) is 5.16. The smallest absolute Gasteiger partial charge is 0.167 e. The number of carbonyl (C=O) groups is 2. The molecular formula is C40H31NO4. The summed E-state index contributed by atoms with van der Waals surface area (Å²) in [4.78, 5) is 25.8. The number of ketones is 2. The van der Waals surface area contributed by atoms with E-state index in [-0.39, 0.29) is 23.1 Å². The molecule has 0 atom stereocenters. The van der Waals surface area contributed by atoms with Crippen LogP contribution in [0.4, 0.5) is 11.4 Å². The molecule has 220 valence electrons. The average Bonchev–Trinajstić information content (AvgIpc) is 3.07. The number of hydrogen-bond acceptors (Lipinski definition) is 5. The minimum atomic E-state index is 0.0476. The Morgan fingerprint density at radius 2 is 0.689 bits per heavy atom. The van der Waals surface area contributed by atoms with E-state index in [1.165, 1.54) is 0 Å². The van der Waals surface area contributed by atoms with Gasteiger partial charge in [0.05, 0.1) is 0 Å². The van der Waals surface area contributed by atoms with E-state index in [2.05, 4.69) is 5.32 Å². The number of Topliss-reactive ketones (excluding diaryl/α,β-unsaturated/α-hetero) is 2. The highest BCUT2D eigenvalue weighted by Gasteiger charge is 2.10. The van der Waals surface area contributed by atoms with Crippen molar-refractivity contribution in [3.63, 3.8) is 0 Å². The van der Waals surface area contributed by atoms with Crippen molar-refractivity contribution in [3.05, 3.63) is 168 Å². The lowest BCUT2D eigenvalue weighted by molar-refractivity contribution is 0.0985. The monoisotopic (exact) mass is 589 g/mol. The standard InChI is InChI=1S/C40H31NO4/c42-37-21-13-31(14-22-37)29-5-9-33(10-6-29)39(44)25-27-1-17-35(18-2-27)41-36-19-3-28(4-20-36)26-40(45)34-11-7-30(8-12-34)32-15-23-38(43)24-16-32/h1-24,41-43H,25-26H2. The van der Waals surface area contributed by atoms with Crippen LogP contribution in [0.1, 0.15) is 31.8 Å². The van der Waals surface area contributed by atoms with E-state index >= 15 is 0 Å². The third-order valence-corrected chi connectivity index (χ3v) is 7.74. The first-order valence-corrected chi connectivity index (χ1v) is 14.7. The van der Waals surface area contributed by atoms with E-state index < -0.39 is 0 Å². The Labute approximate surface area is 262 Å². The van der Waals surface area contributed by atoms with Gasteiger partial charge in [-0.3, -0.25) is 9.59 Å². The van der Waals surface area contributed by atoms with E-state index in [1.807, 2.05) is 121 Å². The van der Waals surface area contributed by atoms with Crippen LogP contribution in [0.25, 0.3) is 22.3 Å². The van der Waals surface area contributed by atoms with Crippen LogP contribution in [0.3, 0.4) is 0 Å². The zero-order valence-electron chi connectivity index (χ0n) is 24.5. The largest absolute Gasteiger partial charge is 0.508 e. The molecule has 0 amide bonds. The Hall–Kier alpha value is -5.94. The molecule has 0 spiro atoms. The first-order valence-electron chi connectivity index (χ1n) is 14.7. The van der Waals surface area contributed by atoms with Crippen molar-refractivity contribution < 1.29 is 19.8 Å². The summed E-state index contributed by atoms with van der Waals surface area (Å²) in [6.07, 6.45) is 0.613. The predicted molar refractivity (Wildman–Crippen MR) is 179 cm³/mol. The molecule has 0 bridgehead atoms. The summed E-state index contributed by atoms with van der Waals surface area (Å²) >= 11 is 0. The van der Waals surface area contributed by atoms with E-state index in [9.17, 15) is 19.8 Å². The summed E-state index contributed by atoms with van der Waals surface area (Å²) in [6, 6.07) is 44.6. The molecule has 0 heterocycles. The molecule has 0 aliphatic rings. The lowest BCUT2D eigenvalue weighted by atomic mass is 9.99. The maximum absolute atomic E-state index is 12.9. The second-order valence-electron chi connectivity index (χ2n) is 11.0. The topological polar surface area (TPSA) is 86.6 Å². The molecule has 6 aromatic rings. The lowest BCUT2D eigenvalue weighted by Gasteiger charge is -2.09. The maximum Gasteiger partial charge on any atom is 0.167 e. The average molecular weight is 590 g/mol. The highest BCUT2D eigenvalue weighted by molar-refractivity contribution is 5.98. The lowest BCUT2D eigenvalue weighted by Crippen LogP contribution is -2.04. The molecule has 0 aromatic heterocycles. The van der Waals surface area contributed by atoms with E-state index in [0.29, 0.717) is 24.0 Å². The van der Waals surface area contributed by atoms with Crippen molar-refractivity contribution >= 4 is 22.9 Å². The molecule has 0 radical (unpaired) electrons. The number of rotatable bonds is 10. The fourth-order valence-corrected chi connectivity index (χ4v) is 5.16. The van der Waals surface area contributed by atoms with Crippen LogP contribution in [0.5, 0.6) is 11.5 Å². The van der Waals surface area contributed by atoms with Crippen molar-refractivity contribution in [2.45, 2.75) is 12.8 Å². The Morgan fingerprint density at radius 3 is 1.00 bits per heavy atom. The van der Waals surface area contributed by atoms with Gasteiger partial charge in [-0.1, -0.05) is 97.1 Å². The number of aromatic hydroxyl groups is 2. The number of phenolic OH excluding ortho intramolecular Hbond substituents is 2. The third-order valence-electron chi connectivity index (χ3n) is 7.74. The van der Waals surface area contributed by atoms with Crippen molar-refractivity contribution in [2.24, 2.45) is 0 Å². The molecule has 0 saturated carbocycles. The van der Waals surface area contributed by atoms with Crippen molar-refractivity contribution in [1.82, 2.24) is 0 Å². The Kier molecular flexibility index (Phi) is 8.51. The van der Waals surface area contributed by atoms with Crippen molar-refractivity contribution in [3.8, 4) is 33.8 Å². The van der Waals surface area contributed by atoms with Gasteiger partial charge in [0.25, 0.3) is 0 Å². The number of benzene rings is 6. The SMILES string of the molecule is O=C(Cc1ccc(Nc2ccc(CC(=O)c3ccc(-c4ccc(O)cc4)cc3)cc2)cc1)c1ccc(-c2ccc(O)cc2)cc1. The predicted octanol–water partition coefficient (Wildman–Crippen LogP) is 9.03. The van der Waals surface area contributed by atoms with Crippen LogP contribution in [0.15, 0.2) is 146 Å². The number of carbonyl (C=O) groups excluding carboxylic acids is 2. The molecule has 0 aliphatic heterocycles. The summed E-state index contributed by atoms with van der Waals surface area (Å²) in [5.41, 5.74) is 8.91. The molecule has 6 aromatic carbocycles. The summed E-state index contributed by atoms with van der Waals surface area (Å²) in [7, 11) is 0. The molecule has 5 heteroatoms. The van der Waals surface area contributed by atoms with Gasteiger partial charge in [0.2, 0.25) is 0 Å². The van der Waals surface area contributed by atoms with Gasteiger partial charge < -0.3 is 15.5 Å². The van der Waals surface area contributed by atoms with Crippen LogP contribution < -0.4 is 5.32 Å². The summed E-state index contributed by atoms with van der Waals surface area (Å²) in [6.45, 7) is 0. The second-order valence-corrected chi connectivity index (χ2v) is 11.0. The molecule has 5 nitrogen and oxygen atoms in total. The number of phenols is 2. The molecule has 0 aliphatic carbocycles. The van der Waals surface area contributed by atoms with Crippen LogP contribution in [0, 0.1) is 0 Å². The fraction of sp³-hybridized carbons (Fsp3) is 0.0500. The summed E-state index contributed by atoms with van der Waals surface area (Å²) in [5, 5.41) is 22.4. The first kappa shape index (κ1) is 29.1. The van der Waals surface area contributed by atoms with E-state index in [4.69, 9.17) is 0 Å². The van der Waals surface area contributed by atoms with Crippen molar-refractivity contribution in [1.29, 1.82) is 0 Å². The van der Waals surface area contributed by atoms with Gasteiger partial charge >= 0.3 is 0 Å². The molecule has 3 N–H and O–H groups in total. The summed E-state index contributed by atoms with van der Waals surface area (Å²) in [5.74, 6) is 0.540. The molecule has 45 heavy (non-hydrogen) atoms. The summed E-state index contributed by atoms with van der Waals surface area (Å²) < 4.78 is 0. The van der Waals surface area contributed by atoms with Gasteiger partial charge in [0.1, 0.15) is 11.5 Å². The van der Waals surface area contributed by atoms with Gasteiger partial charge in [-0.05, 0) is 81.9 Å². The van der Waals surface area contributed by atoms with Crippen molar-refractivity contribution in [2.75, 3.05) is 5.32 Å².